The number of carbonyl (C=O) groups is 1. The number of aromatic nitrogens is 3. The molecule has 0 saturated heterocycles. The fourth-order valence-corrected chi connectivity index (χ4v) is 5.83. The third-order valence-electron chi connectivity index (χ3n) is 6.55. The second-order valence-electron chi connectivity index (χ2n) is 8.38. The molecule has 0 spiro atoms. The van der Waals surface area contributed by atoms with E-state index in [0.717, 1.165) is 48.4 Å². The molecule has 0 aromatic carbocycles. The number of carbonyl (C=O) groups excluding carboxylic acids is 1. The number of amides is 1. The quantitative estimate of drug-likeness (QED) is 0.933. The Morgan fingerprint density at radius 2 is 1.88 bits per heavy atom. The zero-order chi connectivity index (χ0) is 16.9. The SMILES string of the molecule is O=C(NCc1ccc(-n2ccnc2)nc1)C12CC3CC(CC(C3)C1)C2. The van der Waals surface area contributed by atoms with Crippen molar-refractivity contribution in [2.75, 3.05) is 0 Å². The number of hydrogen-bond donors (Lipinski definition) is 1. The molecule has 0 atom stereocenters. The Bertz CT molecular complexity index is 730. The number of hydrogen-bond acceptors (Lipinski definition) is 3. The zero-order valence-electron chi connectivity index (χ0n) is 14.4. The van der Waals surface area contributed by atoms with Crippen LogP contribution in [0, 0.1) is 23.2 Å². The normalized spacial score (nSPS) is 32.7. The van der Waals surface area contributed by atoms with Crippen molar-refractivity contribution in [1.82, 2.24) is 19.9 Å². The molecule has 4 saturated carbocycles. The average molecular weight is 336 g/mol. The molecule has 25 heavy (non-hydrogen) atoms. The smallest absolute Gasteiger partial charge is 0.226 e. The highest BCUT2D eigenvalue weighted by Gasteiger charge is 2.54. The van der Waals surface area contributed by atoms with Crippen LogP contribution < -0.4 is 5.32 Å². The van der Waals surface area contributed by atoms with Gasteiger partial charge in [0.15, 0.2) is 0 Å². The van der Waals surface area contributed by atoms with Crippen LogP contribution in [-0.4, -0.2) is 20.4 Å². The van der Waals surface area contributed by atoms with E-state index in [-0.39, 0.29) is 11.3 Å². The van der Waals surface area contributed by atoms with Gasteiger partial charge in [-0.05, 0) is 67.9 Å². The molecule has 5 heteroatoms. The van der Waals surface area contributed by atoms with Crippen molar-refractivity contribution in [2.45, 2.75) is 45.1 Å². The Kier molecular flexibility index (Phi) is 3.43. The Labute approximate surface area is 147 Å². The summed E-state index contributed by atoms with van der Waals surface area (Å²) < 4.78 is 1.87. The monoisotopic (exact) mass is 336 g/mol. The van der Waals surface area contributed by atoms with Crippen molar-refractivity contribution >= 4 is 5.91 Å². The molecule has 5 nitrogen and oxygen atoms in total. The van der Waals surface area contributed by atoms with Gasteiger partial charge in [-0.15, -0.1) is 0 Å². The minimum Gasteiger partial charge on any atom is -0.351 e. The maximum absolute atomic E-state index is 13.0. The molecule has 2 aromatic heterocycles. The van der Waals surface area contributed by atoms with E-state index in [1.165, 1.54) is 19.3 Å². The van der Waals surface area contributed by atoms with Gasteiger partial charge in [0.2, 0.25) is 5.91 Å². The highest BCUT2D eigenvalue weighted by atomic mass is 16.2. The van der Waals surface area contributed by atoms with Crippen molar-refractivity contribution in [2.24, 2.45) is 23.2 Å². The van der Waals surface area contributed by atoms with Crippen LogP contribution in [0.15, 0.2) is 37.1 Å². The van der Waals surface area contributed by atoms with Crippen LogP contribution in [-0.2, 0) is 11.3 Å². The minimum atomic E-state index is -0.0705. The predicted octanol–water partition coefficient (Wildman–Crippen LogP) is 3.10. The molecule has 4 bridgehead atoms. The van der Waals surface area contributed by atoms with Gasteiger partial charge in [-0.25, -0.2) is 9.97 Å². The zero-order valence-corrected chi connectivity index (χ0v) is 14.4. The van der Waals surface area contributed by atoms with Gasteiger partial charge in [-0.2, -0.15) is 0 Å². The summed E-state index contributed by atoms with van der Waals surface area (Å²) in [5.74, 6) is 3.52. The minimum absolute atomic E-state index is 0.0705. The highest BCUT2D eigenvalue weighted by Crippen LogP contribution is 2.60. The first kappa shape index (κ1) is 15.1. The topological polar surface area (TPSA) is 59.8 Å². The molecule has 6 rings (SSSR count). The van der Waals surface area contributed by atoms with Crippen LogP contribution in [0.3, 0.4) is 0 Å². The van der Waals surface area contributed by atoms with Crippen molar-refractivity contribution in [3.63, 3.8) is 0 Å². The molecule has 0 aliphatic heterocycles. The third-order valence-corrected chi connectivity index (χ3v) is 6.55. The summed E-state index contributed by atoms with van der Waals surface area (Å²) in [4.78, 5) is 21.5. The van der Waals surface area contributed by atoms with Crippen LogP contribution in [0.2, 0.25) is 0 Å². The summed E-state index contributed by atoms with van der Waals surface area (Å²) >= 11 is 0. The van der Waals surface area contributed by atoms with Crippen molar-refractivity contribution in [1.29, 1.82) is 0 Å². The van der Waals surface area contributed by atoms with E-state index in [1.807, 2.05) is 29.1 Å². The molecule has 4 aliphatic carbocycles. The second-order valence-corrected chi connectivity index (χ2v) is 8.38. The van der Waals surface area contributed by atoms with Gasteiger partial charge in [0.1, 0.15) is 12.1 Å². The largest absolute Gasteiger partial charge is 0.351 e. The lowest BCUT2D eigenvalue weighted by Gasteiger charge is -2.55. The van der Waals surface area contributed by atoms with Gasteiger partial charge in [-0.3, -0.25) is 9.36 Å². The lowest BCUT2D eigenvalue weighted by atomic mass is 9.49. The summed E-state index contributed by atoms with van der Waals surface area (Å²) in [6, 6.07) is 4.00. The van der Waals surface area contributed by atoms with E-state index in [2.05, 4.69) is 15.3 Å². The van der Waals surface area contributed by atoms with Crippen molar-refractivity contribution in [3.05, 3.63) is 42.6 Å². The van der Waals surface area contributed by atoms with Crippen LogP contribution in [0.1, 0.15) is 44.1 Å². The average Bonchev–Trinajstić information content (AvgIpc) is 3.13. The molecule has 0 unspecified atom stereocenters. The molecular weight excluding hydrogens is 312 g/mol. The van der Waals surface area contributed by atoms with E-state index < -0.39 is 0 Å². The van der Waals surface area contributed by atoms with Gasteiger partial charge >= 0.3 is 0 Å². The molecule has 4 aliphatic rings. The standard InChI is InChI=1S/C20H24N4O/c25-19(20-8-15-5-16(9-20)7-17(6-15)10-20)23-12-14-1-2-18(22-11-14)24-4-3-21-13-24/h1-4,11,13,15-17H,5-10,12H2,(H,23,25). The summed E-state index contributed by atoms with van der Waals surface area (Å²) in [6.07, 6.45) is 14.6. The fourth-order valence-electron chi connectivity index (χ4n) is 5.83. The molecular formula is C20H24N4O. The third kappa shape index (κ3) is 2.66. The Balaban J connectivity index is 1.25. The lowest BCUT2D eigenvalue weighted by Crippen LogP contribution is -2.53. The van der Waals surface area contributed by atoms with Gasteiger partial charge in [0.25, 0.3) is 0 Å². The first-order valence-electron chi connectivity index (χ1n) is 9.42. The van der Waals surface area contributed by atoms with Crippen LogP contribution in [0.5, 0.6) is 0 Å². The van der Waals surface area contributed by atoms with Gasteiger partial charge in [-0.1, -0.05) is 6.07 Å². The molecule has 2 heterocycles. The predicted molar refractivity (Wildman–Crippen MR) is 93.8 cm³/mol. The lowest BCUT2D eigenvalue weighted by molar-refractivity contribution is -0.146. The first-order valence-corrected chi connectivity index (χ1v) is 9.42. The molecule has 1 amide bonds. The fraction of sp³-hybridized carbons (Fsp3) is 0.550. The molecule has 4 fully saturated rings. The molecule has 1 N–H and O–H groups in total. The van der Waals surface area contributed by atoms with E-state index >= 15 is 0 Å². The number of nitrogens with zero attached hydrogens (tertiary/aromatic N) is 3. The second kappa shape index (κ2) is 5.68. The number of pyridine rings is 1. The van der Waals surface area contributed by atoms with Crippen molar-refractivity contribution in [3.8, 4) is 5.82 Å². The Morgan fingerprint density at radius 1 is 1.16 bits per heavy atom. The summed E-state index contributed by atoms with van der Waals surface area (Å²) in [6.45, 7) is 0.567. The molecule has 0 radical (unpaired) electrons. The van der Waals surface area contributed by atoms with E-state index in [4.69, 9.17) is 0 Å². The van der Waals surface area contributed by atoms with E-state index in [1.54, 1.807) is 12.5 Å². The summed E-state index contributed by atoms with van der Waals surface area (Å²) in [7, 11) is 0. The summed E-state index contributed by atoms with van der Waals surface area (Å²) in [5.41, 5.74) is 0.973. The van der Waals surface area contributed by atoms with E-state index in [0.29, 0.717) is 6.54 Å². The number of imidazole rings is 1. The van der Waals surface area contributed by atoms with Gasteiger partial charge in [0, 0.05) is 30.6 Å². The Hall–Kier alpha value is -2.17. The number of rotatable bonds is 4. The number of nitrogens with one attached hydrogen (secondary N) is 1. The molecule has 2 aromatic rings. The first-order chi connectivity index (χ1) is 12.2. The maximum atomic E-state index is 13.0. The Morgan fingerprint density at radius 3 is 2.44 bits per heavy atom. The van der Waals surface area contributed by atoms with E-state index in [9.17, 15) is 4.79 Å². The van der Waals surface area contributed by atoms with Crippen LogP contribution >= 0.6 is 0 Å². The van der Waals surface area contributed by atoms with Crippen LogP contribution in [0.4, 0.5) is 0 Å². The van der Waals surface area contributed by atoms with Crippen molar-refractivity contribution < 1.29 is 4.79 Å². The van der Waals surface area contributed by atoms with Gasteiger partial charge in [0.05, 0.1) is 0 Å². The highest BCUT2D eigenvalue weighted by molar-refractivity contribution is 5.83. The van der Waals surface area contributed by atoms with Gasteiger partial charge < -0.3 is 5.32 Å². The molecule has 130 valence electrons. The maximum Gasteiger partial charge on any atom is 0.226 e. The van der Waals surface area contributed by atoms with Crippen LogP contribution in [0.25, 0.3) is 5.82 Å². The summed E-state index contributed by atoms with van der Waals surface area (Å²) in [5, 5.41) is 3.21.